The molecule has 0 unspecified atom stereocenters. The minimum absolute atomic E-state index is 1.03. The highest BCUT2D eigenvalue weighted by Crippen LogP contribution is 2.37. The molecule has 1 nitrogen and oxygen atoms in total. The summed E-state index contributed by atoms with van der Waals surface area (Å²) in [6, 6.07) is 8.57. The quantitative estimate of drug-likeness (QED) is 0.751. The molecule has 1 aliphatic rings. The Morgan fingerprint density at radius 1 is 1.11 bits per heavy atom. The highest BCUT2D eigenvalue weighted by molar-refractivity contribution is 5.72. The maximum absolute atomic E-state index is 4.01. The number of benzene rings is 1. The zero-order valence-corrected chi connectivity index (χ0v) is 12.6. The van der Waals surface area contributed by atoms with Gasteiger partial charge < -0.3 is 5.32 Å². The van der Waals surface area contributed by atoms with Crippen LogP contribution in [0.1, 0.15) is 39.7 Å². The standard InChI is InChI=1S/C16H19N.C2H6/c1-5-7-14-8-6-9-15(10-14)17-16-12(3)11(2)13(16)4;1-2/h6,8-10,17H,2-3,5,7H2,1,4H3;1-2H3. The molecular formula is C18H25N. The lowest BCUT2D eigenvalue weighted by Gasteiger charge is -2.28. The van der Waals surface area contributed by atoms with Gasteiger partial charge in [0.05, 0.1) is 0 Å². The fourth-order valence-corrected chi connectivity index (χ4v) is 2.10. The lowest BCUT2D eigenvalue weighted by atomic mass is 9.85. The summed E-state index contributed by atoms with van der Waals surface area (Å²) in [6.07, 6.45) is 2.30. The second-order valence-corrected chi connectivity index (χ2v) is 4.53. The summed E-state index contributed by atoms with van der Waals surface area (Å²) in [6.45, 7) is 16.2. The van der Waals surface area contributed by atoms with Gasteiger partial charge in [-0.25, -0.2) is 0 Å². The van der Waals surface area contributed by atoms with Crippen LogP contribution in [0.2, 0.25) is 0 Å². The van der Waals surface area contributed by atoms with E-state index in [2.05, 4.69) is 56.6 Å². The van der Waals surface area contributed by atoms with E-state index in [1.807, 2.05) is 13.8 Å². The normalized spacial score (nSPS) is 13.7. The van der Waals surface area contributed by atoms with E-state index in [0.717, 1.165) is 29.0 Å². The van der Waals surface area contributed by atoms with Crippen molar-refractivity contribution in [1.82, 2.24) is 0 Å². The third-order valence-corrected chi connectivity index (χ3v) is 3.23. The first kappa shape index (κ1) is 15.3. The molecule has 1 aromatic carbocycles. The van der Waals surface area contributed by atoms with Gasteiger partial charge in [0, 0.05) is 11.4 Å². The number of hydrogen-bond donors (Lipinski definition) is 1. The number of nitrogens with one attached hydrogen (secondary N) is 1. The van der Waals surface area contributed by atoms with Crippen molar-refractivity contribution in [2.45, 2.75) is 40.5 Å². The van der Waals surface area contributed by atoms with Gasteiger partial charge in [-0.05, 0) is 47.8 Å². The molecule has 0 atom stereocenters. The molecule has 0 aliphatic heterocycles. The molecule has 1 aromatic rings. The Balaban J connectivity index is 0.000000861. The van der Waals surface area contributed by atoms with Gasteiger partial charge in [-0.15, -0.1) is 0 Å². The molecule has 0 radical (unpaired) electrons. The minimum atomic E-state index is 1.03. The van der Waals surface area contributed by atoms with Crippen LogP contribution in [0.25, 0.3) is 0 Å². The van der Waals surface area contributed by atoms with Gasteiger partial charge in [0.2, 0.25) is 0 Å². The topological polar surface area (TPSA) is 12.0 Å². The van der Waals surface area contributed by atoms with Crippen LogP contribution < -0.4 is 5.32 Å². The van der Waals surface area contributed by atoms with Gasteiger partial charge in [0.1, 0.15) is 0 Å². The average molecular weight is 255 g/mol. The van der Waals surface area contributed by atoms with Crippen LogP contribution in [0, 0.1) is 0 Å². The fraction of sp³-hybridized carbons (Fsp3) is 0.333. The van der Waals surface area contributed by atoms with E-state index in [9.17, 15) is 0 Å². The predicted octanol–water partition coefficient (Wildman–Crippen LogP) is 5.48. The number of allylic oxidation sites excluding steroid dienone is 2. The fourth-order valence-electron chi connectivity index (χ4n) is 2.10. The second kappa shape index (κ2) is 6.98. The Morgan fingerprint density at radius 3 is 2.37 bits per heavy atom. The Hall–Kier alpha value is -1.76. The van der Waals surface area contributed by atoms with Crippen molar-refractivity contribution in [1.29, 1.82) is 0 Å². The van der Waals surface area contributed by atoms with Crippen LogP contribution in [-0.2, 0) is 6.42 Å². The molecule has 0 saturated carbocycles. The van der Waals surface area contributed by atoms with E-state index in [4.69, 9.17) is 0 Å². The maximum Gasteiger partial charge on any atom is 0.0493 e. The first-order valence-corrected chi connectivity index (χ1v) is 7.09. The van der Waals surface area contributed by atoms with Crippen molar-refractivity contribution in [3.05, 3.63) is 65.4 Å². The van der Waals surface area contributed by atoms with Gasteiger partial charge >= 0.3 is 0 Å². The van der Waals surface area contributed by atoms with E-state index >= 15 is 0 Å². The molecule has 19 heavy (non-hydrogen) atoms. The summed E-state index contributed by atoms with van der Waals surface area (Å²) in [7, 11) is 0. The molecule has 1 N–H and O–H groups in total. The molecule has 0 amide bonds. The van der Waals surface area contributed by atoms with Crippen LogP contribution in [0.3, 0.4) is 0 Å². The molecule has 0 heterocycles. The van der Waals surface area contributed by atoms with E-state index < -0.39 is 0 Å². The summed E-state index contributed by atoms with van der Waals surface area (Å²) < 4.78 is 0. The zero-order valence-electron chi connectivity index (χ0n) is 12.6. The molecular weight excluding hydrogens is 230 g/mol. The highest BCUT2D eigenvalue weighted by Gasteiger charge is 2.22. The number of hydrogen-bond acceptors (Lipinski definition) is 1. The molecule has 2 rings (SSSR count). The highest BCUT2D eigenvalue weighted by atomic mass is 14.9. The predicted molar refractivity (Wildman–Crippen MR) is 86.4 cm³/mol. The van der Waals surface area contributed by atoms with Crippen molar-refractivity contribution in [3.8, 4) is 0 Å². The second-order valence-electron chi connectivity index (χ2n) is 4.53. The zero-order chi connectivity index (χ0) is 14.4. The van der Waals surface area contributed by atoms with Crippen LogP contribution in [0.5, 0.6) is 0 Å². The van der Waals surface area contributed by atoms with Crippen molar-refractivity contribution in [2.24, 2.45) is 0 Å². The van der Waals surface area contributed by atoms with E-state index in [1.54, 1.807) is 0 Å². The third-order valence-electron chi connectivity index (χ3n) is 3.23. The van der Waals surface area contributed by atoms with Crippen molar-refractivity contribution >= 4 is 5.69 Å². The Bertz CT molecular complexity index is 506. The molecule has 1 heteroatoms. The van der Waals surface area contributed by atoms with Gasteiger partial charge in [-0.2, -0.15) is 0 Å². The van der Waals surface area contributed by atoms with Gasteiger partial charge in [0.15, 0.2) is 0 Å². The minimum Gasteiger partial charge on any atom is -0.355 e. The van der Waals surface area contributed by atoms with Crippen LogP contribution in [0.15, 0.2) is 59.8 Å². The summed E-state index contributed by atoms with van der Waals surface area (Å²) >= 11 is 0. The smallest absolute Gasteiger partial charge is 0.0493 e. The summed E-state index contributed by atoms with van der Waals surface area (Å²) in [4.78, 5) is 0. The Morgan fingerprint density at radius 2 is 1.79 bits per heavy atom. The van der Waals surface area contributed by atoms with Crippen LogP contribution in [-0.4, -0.2) is 0 Å². The van der Waals surface area contributed by atoms with Crippen molar-refractivity contribution < 1.29 is 0 Å². The number of aryl methyl sites for hydroxylation is 1. The monoisotopic (exact) mass is 255 g/mol. The first-order chi connectivity index (χ1) is 9.13. The molecule has 0 spiro atoms. The summed E-state index contributed by atoms with van der Waals surface area (Å²) in [5, 5.41) is 3.43. The summed E-state index contributed by atoms with van der Waals surface area (Å²) in [5.41, 5.74) is 6.96. The molecule has 0 fully saturated rings. The van der Waals surface area contributed by atoms with E-state index in [-0.39, 0.29) is 0 Å². The molecule has 0 aromatic heterocycles. The molecule has 0 bridgehead atoms. The van der Waals surface area contributed by atoms with Crippen molar-refractivity contribution in [3.63, 3.8) is 0 Å². The molecule has 1 aliphatic carbocycles. The lowest BCUT2D eigenvalue weighted by Crippen LogP contribution is -2.16. The molecule has 0 saturated heterocycles. The first-order valence-electron chi connectivity index (χ1n) is 7.09. The largest absolute Gasteiger partial charge is 0.355 e. The lowest BCUT2D eigenvalue weighted by molar-refractivity contribution is 0.922. The SMILES string of the molecule is C=C1C(=C)C(Nc2cccc(CCC)c2)=C1C.CC. The van der Waals surface area contributed by atoms with Crippen LogP contribution >= 0.6 is 0 Å². The average Bonchev–Trinajstić information content (AvgIpc) is 2.46. The van der Waals surface area contributed by atoms with Gasteiger partial charge in [0.25, 0.3) is 0 Å². The summed E-state index contributed by atoms with van der Waals surface area (Å²) in [5.74, 6) is 0. The van der Waals surface area contributed by atoms with Crippen molar-refractivity contribution in [2.75, 3.05) is 5.32 Å². The van der Waals surface area contributed by atoms with E-state index in [1.165, 1.54) is 17.6 Å². The van der Waals surface area contributed by atoms with Gasteiger partial charge in [-0.1, -0.05) is 52.5 Å². The Labute approximate surface area is 117 Å². The third kappa shape index (κ3) is 3.37. The van der Waals surface area contributed by atoms with Crippen LogP contribution in [0.4, 0.5) is 5.69 Å². The number of rotatable bonds is 4. The maximum atomic E-state index is 4.01. The van der Waals surface area contributed by atoms with Gasteiger partial charge in [-0.3, -0.25) is 0 Å². The molecule has 102 valence electrons. The van der Waals surface area contributed by atoms with E-state index in [0.29, 0.717) is 0 Å². The Kier molecular flexibility index (Phi) is 5.62. The number of anilines is 1.